The van der Waals surface area contributed by atoms with Gasteiger partial charge in [0.2, 0.25) is 11.5 Å². The molecule has 2 heterocycles. The molecule has 2 aliphatic heterocycles. The Labute approximate surface area is 151 Å². The minimum atomic E-state index is -0.866. The van der Waals surface area contributed by atoms with Crippen molar-refractivity contribution in [3.05, 3.63) is 69.3 Å². The van der Waals surface area contributed by atoms with Gasteiger partial charge in [0.15, 0.2) is 0 Å². The van der Waals surface area contributed by atoms with E-state index in [0.29, 0.717) is 11.1 Å². The first-order valence-electron chi connectivity index (χ1n) is 8.45. The molecule has 0 amide bonds. The number of hydrogen-bond donors (Lipinski definition) is 1. The zero-order chi connectivity index (χ0) is 18.7. The highest BCUT2D eigenvalue weighted by molar-refractivity contribution is 5.75. The topological polar surface area (TPSA) is 75.8 Å². The maximum atomic E-state index is 11.6. The van der Waals surface area contributed by atoms with Gasteiger partial charge in [0.25, 0.3) is 0 Å². The maximum absolute atomic E-state index is 11.6. The Morgan fingerprint density at radius 2 is 2.00 bits per heavy atom. The number of nitro benzene ring substituents is 1. The molecule has 0 bridgehead atoms. The fraction of sp³-hybridized carbons (Fsp3) is 0.300. The third-order valence-electron chi connectivity index (χ3n) is 5.62. The lowest BCUT2D eigenvalue weighted by Crippen LogP contribution is -2.58. The Hall–Kier alpha value is -2.86. The molecule has 2 aromatic carbocycles. The molecule has 0 radical (unpaired) electrons. The lowest BCUT2D eigenvalue weighted by molar-refractivity contribution is -0.386. The molecule has 0 aliphatic carbocycles. The number of para-hydroxylation sites is 1. The number of rotatable bonds is 2. The molecule has 4 rings (SSSR count). The van der Waals surface area contributed by atoms with Crippen molar-refractivity contribution in [2.45, 2.75) is 31.6 Å². The van der Waals surface area contributed by atoms with E-state index in [-0.39, 0.29) is 18.0 Å². The Kier molecular flexibility index (Phi) is 3.39. The number of fused-ring (bicyclic) bond motifs is 2. The van der Waals surface area contributed by atoms with Gasteiger partial charge >= 0.3 is 5.69 Å². The number of anilines is 1. The average molecular weight is 352 g/mol. The third-order valence-corrected chi connectivity index (χ3v) is 5.62. The monoisotopic (exact) mass is 352 g/mol. The van der Waals surface area contributed by atoms with Crippen LogP contribution in [0.4, 0.5) is 11.4 Å². The molecule has 0 aromatic heterocycles. The van der Waals surface area contributed by atoms with E-state index in [0.717, 1.165) is 11.3 Å². The van der Waals surface area contributed by atoms with E-state index in [4.69, 9.17) is 4.74 Å². The molecule has 2 aliphatic rings. The van der Waals surface area contributed by atoms with Crippen LogP contribution in [0.15, 0.2) is 42.5 Å². The van der Waals surface area contributed by atoms with Gasteiger partial charge in [-0.05, 0) is 49.3 Å². The summed E-state index contributed by atoms with van der Waals surface area (Å²) in [6.07, 6.45) is 3.81. The summed E-state index contributed by atoms with van der Waals surface area (Å²) in [5.74, 6) is 0.238. The molecule has 134 valence electrons. The van der Waals surface area contributed by atoms with E-state index >= 15 is 0 Å². The molecule has 1 atom stereocenters. The van der Waals surface area contributed by atoms with Crippen molar-refractivity contribution in [2.24, 2.45) is 0 Å². The number of nitro groups is 1. The first kappa shape index (κ1) is 16.6. The van der Waals surface area contributed by atoms with Gasteiger partial charge in [0, 0.05) is 24.4 Å². The summed E-state index contributed by atoms with van der Waals surface area (Å²) in [4.78, 5) is 13.2. The number of benzene rings is 2. The Balaban J connectivity index is 1.92. The first-order valence-corrected chi connectivity index (χ1v) is 8.45. The summed E-state index contributed by atoms with van der Waals surface area (Å²) in [6.45, 7) is 3.90. The first-order chi connectivity index (χ1) is 12.3. The number of hydrogen-bond acceptors (Lipinski definition) is 5. The standard InChI is InChI=1S/C20H20N2O4/c1-19(2)15-6-4-5-7-16(15)21(3)20(19)9-8-14-10-13(12-23)11-17(22(24)25)18(14)26-20/h4-11,23H,12H2,1-3H3. The van der Waals surface area contributed by atoms with Crippen molar-refractivity contribution in [1.29, 1.82) is 0 Å². The summed E-state index contributed by atoms with van der Waals surface area (Å²) in [5, 5.41) is 21.0. The van der Waals surface area contributed by atoms with E-state index in [9.17, 15) is 15.2 Å². The van der Waals surface area contributed by atoms with E-state index in [2.05, 4.69) is 19.9 Å². The normalized spacial score (nSPS) is 22.1. The molecule has 26 heavy (non-hydrogen) atoms. The molecule has 1 N–H and O–H groups in total. The molecule has 1 spiro atoms. The van der Waals surface area contributed by atoms with Crippen LogP contribution in [0.5, 0.6) is 5.75 Å². The largest absolute Gasteiger partial charge is 0.456 e. The van der Waals surface area contributed by atoms with Crippen molar-refractivity contribution in [3.63, 3.8) is 0 Å². The Morgan fingerprint density at radius 1 is 1.27 bits per heavy atom. The Morgan fingerprint density at radius 3 is 2.65 bits per heavy atom. The maximum Gasteiger partial charge on any atom is 0.312 e. The molecular formula is C20H20N2O4. The zero-order valence-electron chi connectivity index (χ0n) is 14.9. The fourth-order valence-electron chi connectivity index (χ4n) is 4.15. The van der Waals surface area contributed by atoms with Crippen molar-refractivity contribution < 1.29 is 14.8 Å². The SMILES string of the molecule is CN1c2ccccc2C(C)(C)C12C=Cc1cc(CO)cc([N+](=O)[O-])c1O2. The van der Waals surface area contributed by atoms with Gasteiger partial charge in [-0.15, -0.1) is 0 Å². The van der Waals surface area contributed by atoms with Crippen LogP contribution < -0.4 is 9.64 Å². The van der Waals surface area contributed by atoms with Crippen LogP contribution in [-0.2, 0) is 12.0 Å². The Bertz CT molecular complexity index is 951. The second-order valence-corrected chi connectivity index (χ2v) is 7.28. The lowest BCUT2D eigenvalue weighted by Gasteiger charge is -2.45. The van der Waals surface area contributed by atoms with Crippen LogP contribution in [0.1, 0.15) is 30.5 Å². The van der Waals surface area contributed by atoms with Crippen LogP contribution >= 0.6 is 0 Å². The summed E-state index contributed by atoms with van der Waals surface area (Å²) in [5.41, 5.74) is 1.85. The number of likely N-dealkylation sites (N-methyl/N-ethyl adjacent to an activating group) is 1. The molecule has 6 nitrogen and oxygen atoms in total. The highest BCUT2D eigenvalue weighted by Gasteiger charge is 2.58. The van der Waals surface area contributed by atoms with Gasteiger partial charge in [0.05, 0.1) is 16.9 Å². The van der Waals surface area contributed by atoms with Gasteiger partial charge in [0.1, 0.15) is 0 Å². The highest BCUT2D eigenvalue weighted by atomic mass is 16.6. The lowest BCUT2D eigenvalue weighted by atomic mass is 9.76. The van der Waals surface area contributed by atoms with E-state index < -0.39 is 16.1 Å². The zero-order valence-corrected chi connectivity index (χ0v) is 14.9. The van der Waals surface area contributed by atoms with Crippen molar-refractivity contribution in [3.8, 4) is 5.75 Å². The molecular weight excluding hydrogens is 332 g/mol. The second-order valence-electron chi connectivity index (χ2n) is 7.28. The van der Waals surface area contributed by atoms with Crippen LogP contribution in [0.2, 0.25) is 0 Å². The van der Waals surface area contributed by atoms with Crippen LogP contribution in [0.25, 0.3) is 6.08 Å². The van der Waals surface area contributed by atoms with Crippen LogP contribution in [0, 0.1) is 10.1 Å². The summed E-state index contributed by atoms with van der Waals surface area (Å²) < 4.78 is 6.40. The van der Waals surface area contributed by atoms with Crippen LogP contribution in [0.3, 0.4) is 0 Å². The second kappa shape index (κ2) is 5.32. The van der Waals surface area contributed by atoms with Gasteiger partial charge in [-0.1, -0.05) is 18.2 Å². The molecule has 6 heteroatoms. The van der Waals surface area contributed by atoms with Crippen LogP contribution in [-0.4, -0.2) is 22.8 Å². The van der Waals surface area contributed by atoms with E-state index in [1.807, 2.05) is 42.3 Å². The number of aliphatic hydroxyl groups excluding tert-OH is 1. The number of ether oxygens (including phenoxy) is 1. The average Bonchev–Trinajstić information content (AvgIpc) is 2.80. The molecule has 2 aromatic rings. The van der Waals surface area contributed by atoms with Gasteiger partial charge in [-0.2, -0.15) is 0 Å². The predicted molar refractivity (Wildman–Crippen MR) is 99.3 cm³/mol. The van der Waals surface area contributed by atoms with E-state index in [1.165, 1.54) is 6.07 Å². The number of aliphatic hydroxyl groups is 1. The smallest absolute Gasteiger partial charge is 0.312 e. The van der Waals surface area contributed by atoms with Crippen molar-refractivity contribution in [2.75, 3.05) is 11.9 Å². The summed E-state index contributed by atoms with van der Waals surface area (Å²) in [7, 11) is 1.94. The van der Waals surface area contributed by atoms with Gasteiger partial charge < -0.3 is 14.7 Å². The quantitative estimate of drug-likeness (QED) is 0.660. The van der Waals surface area contributed by atoms with Crippen molar-refractivity contribution in [1.82, 2.24) is 0 Å². The molecule has 0 fully saturated rings. The summed E-state index contributed by atoms with van der Waals surface area (Å²) in [6, 6.07) is 11.2. The number of nitrogens with zero attached hydrogens (tertiary/aromatic N) is 2. The van der Waals surface area contributed by atoms with Gasteiger partial charge in [-0.3, -0.25) is 10.1 Å². The molecule has 0 saturated carbocycles. The van der Waals surface area contributed by atoms with Gasteiger partial charge in [-0.25, -0.2) is 0 Å². The highest BCUT2D eigenvalue weighted by Crippen LogP contribution is 2.55. The predicted octanol–water partition coefficient (Wildman–Crippen LogP) is 3.62. The van der Waals surface area contributed by atoms with E-state index in [1.54, 1.807) is 6.07 Å². The molecule has 1 unspecified atom stereocenters. The molecule has 0 saturated heterocycles. The fourth-order valence-corrected chi connectivity index (χ4v) is 4.15. The minimum absolute atomic E-state index is 0.129. The minimum Gasteiger partial charge on any atom is -0.456 e. The summed E-state index contributed by atoms with van der Waals surface area (Å²) >= 11 is 0. The third kappa shape index (κ3) is 1.96. The van der Waals surface area contributed by atoms with Crippen molar-refractivity contribution >= 4 is 17.5 Å².